The number of benzene rings is 6. The van der Waals surface area contributed by atoms with Gasteiger partial charge in [-0.3, -0.25) is 0 Å². The second-order valence-corrected chi connectivity index (χ2v) is 36.0. The minimum absolute atomic E-state index is 0.0439. The maximum atomic E-state index is 13.0. The van der Waals surface area contributed by atoms with E-state index >= 15 is 0 Å². The minimum atomic E-state index is -2.49. The van der Waals surface area contributed by atoms with Crippen molar-refractivity contribution < 1.29 is 47.0 Å². The number of aryl methyl sites for hydroxylation is 3. The van der Waals surface area contributed by atoms with Gasteiger partial charge >= 0.3 is 20.9 Å². The zero-order valence-corrected chi connectivity index (χ0v) is 50.2. The molecule has 0 heterocycles. The Labute approximate surface area is 467 Å². The molecule has 0 amide bonds. The van der Waals surface area contributed by atoms with Crippen molar-refractivity contribution in [3.8, 4) is 23.0 Å². The molecule has 13 heteroatoms. The van der Waals surface area contributed by atoms with Crippen LogP contribution in [-0.2, 0) is 45.1 Å². The number of aliphatic hydroxyl groups is 2. The molecular weight excluding hydrogens is 1020 g/mol. The van der Waals surface area contributed by atoms with Crippen molar-refractivity contribution in [2.75, 3.05) is 0 Å². The van der Waals surface area contributed by atoms with E-state index in [0.717, 1.165) is 74.6 Å². The zero-order valence-electron chi connectivity index (χ0n) is 47.2. The fourth-order valence-corrected chi connectivity index (χ4v) is 26.5. The molecule has 2 aliphatic rings. The Bertz CT molecular complexity index is 2910. The summed E-state index contributed by atoms with van der Waals surface area (Å²) in [6.07, 6.45) is 13.3. The number of rotatable bonds is 22. The molecule has 2 fully saturated rings. The molecule has 10 nitrogen and oxygen atoms in total. The van der Waals surface area contributed by atoms with Crippen molar-refractivity contribution in [3.05, 3.63) is 190 Å². The summed E-state index contributed by atoms with van der Waals surface area (Å²) in [6, 6.07) is 48.3. The maximum absolute atomic E-state index is 13.0. The molecule has 6 aromatic rings. The van der Waals surface area contributed by atoms with Crippen LogP contribution in [0.15, 0.2) is 140 Å². The van der Waals surface area contributed by atoms with E-state index in [1.807, 2.05) is 48.5 Å². The fourth-order valence-electron chi connectivity index (χ4n) is 12.4. The van der Waals surface area contributed by atoms with E-state index in [1.165, 1.54) is 66.3 Å². The molecule has 0 saturated heterocycles. The Balaban J connectivity index is 0.762. The van der Waals surface area contributed by atoms with E-state index < -0.39 is 37.5 Å². The van der Waals surface area contributed by atoms with Crippen LogP contribution in [0.5, 0.6) is 23.0 Å². The van der Waals surface area contributed by atoms with Gasteiger partial charge in [-0.25, -0.2) is 9.59 Å². The molecule has 0 aromatic heterocycles. The monoisotopic (exact) mass is 1110 g/mol. The minimum Gasteiger partial charge on any atom is -0.437 e. The first-order valence-electron chi connectivity index (χ1n) is 28.4. The molecule has 414 valence electrons. The predicted octanol–water partition coefficient (Wildman–Crippen LogP) is 16.3. The summed E-state index contributed by atoms with van der Waals surface area (Å²) in [5.74, 6) is 1.37. The summed E-state index contributed by atoms with van der Waals surface area (Å²) in [7, 11) is -6.74. The highest BCUT2D eigenvalue weighted by Crippen LogP contribution is 2.47. The number of carbonyl (C=O) groups is 2. The van der Waals surface area contributed by atoms with Crippen molar-refractivity contribution in [2.45, 2.75) is 172 Å². The second-order valence-electron chi connectivity index (χ2n) is 23.5. The third-order valence-corrected chi connectivity index (χ3v) is 27.5. The Kier molecular flexibility index (Phi) is 19.6. The third-order valence-electron chi connectivity index (χ3n) is 16.1. The van der Waals surface area contributed by atoms with Crippen molar-refractivity contribution in [1.29, 1.82) is 0 Å². The van der Waals surface area contributed by atoms with E-state index in [1.54, 1.807) is 12.1 Å². The van der Waals surface area contributed by atoms with E-state index in [-0.39, 0.29) is 35.5 Å². The molecule has 0 unspecified atom stereocenters. The summed E-state index contributed by atoms with van der Waals surface area (Å²) < 4.78 is 36.4. The molecule has 6 aromatic carbocycles. The average molecular weight is 1110 g/mol. The molecule has 78 heavy (non-hydrogen) atoms. The first-order valence-corrected chi connectivity index (χ1v) is 37.4. The molecule has 2 N–H and O–H groups in total. The summed E-state index contributed by atoms with van der Waals surface area (Å²) in [5.41, 5.74) is 9.42. The maximum Gasteiger partial charge on any atom is 0.519 e. The first-order chi connectivity index (χ1) is 37.4. The van der Waals surface area contributed by atoms with Crippen LogP contribution >= 0.6 is 0 Å². The van der Waals surface area contributed by atoms with Gasteiger partial charge in [0.25, 0.3) is 0 Å². The van der Waals surface area contributed by atoms with Crippen LogP contribution in [0, 0.1) is 6.92 Å². The van der Waals surface area contributed by atoms with Gasteiger partial charge in [-0.15, -0.1) is 0 Å². The van der Waals surface area contributed by atoms with Crippen LogP contribution in [0.25, 0.3) is 0 Å². The SMILES string of the molecule is Cc1ccc(C2(c3ccc(OC(=O)Oc4ccc(CCC[Si](C)(C)O[Si](C)(C)O[Si](C)(C)CCCc5ccc(OC(=O)Oc6ccc(C7(c8ccccc8)CCCCC7)cc6)c(CO)c5)cc4CO)cc3)CCCCC2)cc1. The normalized spacial score (nSPS) is 15.6. The van der Waals surface area contributed by atoms with Crippen LogP contribution in [0.3, 0.4) is 0 Å². The molecule has 0 bridgehead atoms. The van der Waals surface area contributed by atoms with Crippen molar-refractivity contribution >= 4 is 37.5 Å². The molecule has 0 radical (unpaired) electrons. The molecule has 2 saturated carbocycles. The average Bonchev–Trinajstić information content (AvgIpc) is 3.42. The third kappa shape index (κ3) is 15.4. The van der Waals surface area contributed by atoms with Crippen LogP contribution in [0.1, 0.15) is 127 Å². The smallest absolute Gasteiger partial charge is 0.437 e. The summed E-state index contributed by atoms with van der Waals surface area (Å²) in [5, 5.41) is 20.6. The standard InChI is InChI=1S/C65H82O10Si3/c1-49-23-27-55(28-24-49)65(41-15-10-16-42-65)57-31-35-59(36-32-57)71-63(69)73-61-38-26-51(46-53(61)48-67)20-18-44-77(4,5)75-78(6,7)74-76(2,3)43-17-19-50-25-37-60(52(45-50)47-66)72-62(68)70-58-33-29-56(30-34-58)64(39-13-9-14-40-64)54-21-11-8-12-22-54/h8,11-12,21-38,45-46,66-67H,9-10,13-20,39-44,47-48H2,1-7H3. The highest BCUT2D eigenvalue weighted by molar-refractivity contribution is 6.87. The number of aliphatic hydroxyl groups excluding tert-OH is 2. The lowest BCUT2D eigenvalue weighted by Crippen LogP contribution is -2.52. The highest BCUT2D eigenvalue weighted by Gasteiger charge is 2.40. The van der Waals surface area contributed by atoms with Gasteiger partial charge in [0, 0.05) is 22.0 Å². The predicted molar refractivity (Wildman–Crippen MR) is 317 cm³/mol. The first kappa shape index (κ1) is 58.5. The highest BCUT2D eigenvalue weighted by atomic mass is 28.5. The number of hydrogen-bond donors (Lipinski definition) is 2. The Morgan fingerprint density at radius 2 is 0.833 bits per heavy atom. The summed E-state index contributed by atoms with van der Waals surface area (Å²) >= 11 is 0. The van der Waals surface area contributed by atoms with E-state index in [4.69, 9.17) is 27.2 Å². The van der Waals surface area contributed by atoms with E-state index in [9.17, 15) is 19.8 Å². The summed E-state index contributed by atoms with van der Waals surface area (Å²) in [6.45, 7) is 14.9. The number of carbonyl (C=O) groups excluding carboxylic acids is 2. The van der Waals surface area contributed by atoms with Crippen molar-refractivity contribution in [2.24, 2.45) is 0 Å². The lowest BCUT2D eigenvalue weighted by atomic mass is 9.65. The Hall–Kier alpha value is -5.65. The molecular formula is C65H82O10Si3. The van der Waals surface area contributed by atoms with Gasteiger partial charge in [0.15, 0.2) is 16.6 Å². The molecule has 8 rings (SSSR count). The Morgan fingerprint density at radius 1 is 0.462 bits per heavy atom. The number of ether oxygens (including phenoxy) is 4. The molecule has 2 aliphatic carbocycles. The molecule has 0 aliphatic heterocycles. The van der Waals surface area contributed by atoms with Crippen LogP contribution in [0.4, 0.5) is 9.59 Å². The van der Waals surface area contributed by atoms with Gasteiger partial charge in [0.2, 0.25) is 0 Å². The molecule has 0 spiro atoms. The van der Waals surface area contributed by atoms with Crippen molar-refractivity contribution in [1.82, 2.24) is 0 Å². The van der Waals surface area contributed by atoms with Gasteiger partial charge < -0.3 is 37.4 Å². The van der Waals surface area contributed by atoms with Crippen LogP contribution in [-0.4, -0.2) is 47.7 Å². The van der Waals surface area contributed by atoms with Crippen LogP contribution in [0.2, 0.25) is 51.4 Å². The lowest BCUT2D eigenvalue weighted by Gasteiger charge is -2.39. The van der Waals surface area contributed by atoms with Gasteiger partial charge in [0.05, 0.1) is 13.2 Å². The van der Waals surface area contributed by atoms with Crippen molar-refractivity contribution in [3.63, 3.8) is 0 Å². The van der Waals surface area contributed by atoms with Gasteiger partial charge in [-0.1, -0.05) is 135 Å². The van der Waals surface area contributed by atoms with Gasteiger partial charge in [0.1, 0.15) is 23.0 Å². The van der Waals surface area contributed by atoms with Gasteiger partial charge in [-0.05, 0) is 192 Å². The zero-order chi connectivity index (χ0) is 55.4. The fraction of sp³-hybridized carbons (Fsp3) is 0.415. The topological polar surface area (TPSA) is 130 Å². The summed E-state index contributed by atoms with van der Waals surface area (Å²) in [4.78, 5) is 26.0. The van der Waals surface area contributed by atoms with E-state index in [2.05, 4.69) is 125 Å². The van der Waals surface area contributed by atoms with Crippen LogP contribution < -0.4 is 18.9 Å². The van der Waals surface area contributed by atoms with E-state index in [0.29, 0.717) is 22.6 Å². The Morgan fingerprint density at radius 3 is 1.22 bits per heavy atom. The van der Waals surface area contributed by atoms with Gasteiger partial charge in [-0.2, -0.15) is 0 Å². The largest absolute Gasteiger partial charge is 0.519 e. The lowest BCUT2D eigenvalue weighted by molar-refractivity contribution is 0.149. The second kappa shape index (κ2) is 26.1. The number of hydrogen-bond acceptors (Lipinski definition) is 10. The molecule has 0 atom stereocenters. The quantitative estimate of drug-likeness (QED) is 0.0385.